The summed E-state index contributed by atoms with van der Waals surface area (Å²) in [5.41, 5.74) is -0.905. The summed E-state index contributed by atoms with van der Waals surface area (Å²) in [7, 11) is 1.44. The average molecular weight is 576 g/mol. The van der Waals surface area contributed by atoms with E-state index in [1.54, 1.807) is 40.7 Å². The number of carbonyl (C=O) groups is 2. The molecule has 1 atom stereocenters. The van der Waals surface area contributed by atoms with Gasteiger partial charge in [0, 0.05) is 19.2 Å². The first-order chi connectivity index (χ1) is 18.6. The van der Waals surface area contributed by atoms with Gasteiger partial charge in [-0.1, -0.05) is 18.9 Å². The van der Waals surface area contributed by atoms with Gasteiger partial charge in [-0.15, -0.1) is 0 Å². The lowest BCUT2D eigenvalue weighted by Crippen LogP contribution is -2.40. The van der Waals surface area contributed by atoms with Crippen LogP contribution in [0.25, 0.3) is 5.69 Å². The van der Waals surface area contributed by atoms with Crippen molar-refractivity contribution in [1.29, 1.82) is 0 Å². The highest BCUT2D eigenvalue weighted by atomic mass is 32.1. The molecule has 0 spiro atoms. The minimum atomic E-state index is -1.07. The van der Waals surface area contributed by atoms with E-state index < -0.39 is 52.0 Å². The molecule has 2 aromatic carbocycles. The van der Waals surface area contributed by atoms with Crippen molar-refractivity contribution in [2.24, 2.45) is 0 Å². The molecule has 0 bridgehead atoms. The van der Waals surface area contributed by atoms with Crippen LogP contribution in [0.5, 0.6) is 0 Å². The zero-order valence-electron chi connectivity index (χ0n) is 23.1. The molecule has 3 rings (SSSR count). The number of nitrogens with one attached hydrogen (secondary N) is 1. The van der Waals surface area contributed by atoms with Gasteiger partial charge in [-0.25, -0.2) is 13.2 Å². The Kier molecular flexibility index (Phi) is 9.52. The summed E-state index contributed by atoms with van der Waals surface area (Å²) in [5, 5.41) is 3.05. The number of aromatic nitrogens is 1. The molecule has 0 aliphatic heterocycles. The number of hydrogen-bond acceptors (Lipinski definition) is 7. The van der Waals surface area contributed by atoms with E-state index in [1.165, 1.54) is 19.2 Å². The number of carbonyl (C=O) groups excluding carboxylic acids is 2. The van der Waals surface area contributed by atoms with Crippen LogP contribution in [0.15, 0.2) is 47.3 Å². The van der Waals surface area contributed by atoms with Crippen LogP contribution in [0.4, 0.5) is 19.0 Å². The molecule has 7 nitrogen and oxygen atoms in total. The largest absolute Gasteiger partial charge is 0.459 e. The summed E-state index contributed by atoms with van der Waals surface area (Å²) < 4.78 is 50.9. The molecule has 0 saturated heterocycles. The third-order valence-corrected chi connectivity index (χ3v) is 6.14. The first-order valence-electron chi connectivity index (χ1n) is 12.5. The molecule has 0 fully saturated rings. The molecule has 3 aromatic rings. The van der Waals surface area contributed by atoms with Gasteiger partial charge < -0.3 is 14.4 Å². The second-order valence-electron chi connectivity index (χ2n) is 10.4. The van der Waals surface area contributed by atoms with E-state index in [9.17, 15) is 23.2 Å². The number of ketones is 1. The fraction of sp³-hybridized carbons (Fsp3) is 0.345. The van der Waals surface area contributed by atoms with E-state index in [2.05, 4.69) is 18.1 Å². The van der Waals surface area contributed by atoms with Crippen LogP contribution in [0.3, 0.4) is 0 Å². The SMILES string of the molecule is Cc1cc(CCN[C@@H](C)C(=O)OC(C)(C)C)cc(F)c1-n1c(N(C)S)c(C(=O)c2ccc(F)cc2F)ccc1=O. The van der Waals surface area contributed by atoms with E-state index >= 15 is 4.39 Å². The van der Waals surface area contributed by atoms with Gasteiger partial charge in [0.05, 0.1) is 16.8 Å². The minimum absolute atomic E-state index is 0.0906. The standard InChI is InChI=1S/C29H32F3N3O4S/c1-16-13-18(11-12-33-17(2)28(38)39-29(3,4)5)14-23(32)25(16)35-24(36)10-9-21(27(35)34(6)40)26(37)20-8-7-19(30)15-22(20)31/h7-10,13-15,17,33,40H,11-12H2,1-6H3/t17-/m0/s1. The Balaban J connectivity index is 1.96. The molecule has 11 heteroatoms. The van der Waals surface area contributed by atoms with Crippen LogP contribution in [-0.2, 0) is 16.0 Å². The van der Waals surface area contributed by atoms with E-state index in [0.29, 0.717) is 30.2 Å². The first-order valence-corrected chi connectivity index (χ1v) is 12.9. The number of thiol groups is 1. The molecule has 1 heterocycles. The maximum absolute atomic E-state index is 15.6. The summed E-state index contributed by atoms with van der Waals surface area (Å²) in [5.74, 6) is -3.97. The number of hydrogen-bond donors (Lipinski definition) is 2. The average Bonchev–Trinajstić information content (AvgIpc) is 2.82. The lowest BCUT2D eigenvalue weighted by Gasteiger charge is -2.23. The number of aryl methyl sites for hydroxylation is 1. The fourth-order valence-electron chi connectivity index (χ4n) is 4.20. The molecular weight excluding hydrogens is 543 g/mol. The number of rotatable bonds is 9. The fourth-order valence-corrected chi connectivity index (χ4v) is 4.40. The Morgan fingerprint density at radius 1 is 1.05 bits per heavy atom. The molecule has 1 N–H and O–H groups in total. The normalized spacial score (nSPS) is 12.2. The summed E-state index contributed by atoms with van der Waals surface area (Å²) in [4.78, 5) is 38.4. The Hall–Kier alpha value is -3.57. The number of anilines is 1. The zero-order valence-corrected chi connectivity index (χ0v) is 24.0. The van der Waals surface area contributed by atoms with Crippen molar-refractivity contribution in [3.8, 4) is 5.69 Å². The van der Waals surface area contributed by atoms with Gasteiger partial charge in [-0.2, -0.15) is 0 Å². The Morgan fingerprint density at radius 3 is 2.27 bits per heavy atom. The number of esters is 1. The Labute approximate surface area is 236 Å². The molecule has 0 aliphatic carbocycles. The maximum Gasteiger partial charge on any atom is 0.323 e. The van der Waals surface area contributed by atoms with Crippen LogP contribution < -0.4 is 15.2 Å². The summed E-state index contributed by atoms with van der Waals surface area (Å²) in [6.07, 6.45) is 0.377. The molecule has 0 aliphatic rings. The Morgan fingerprint density at radius 2 is 1.70 bits per heavy atom. The molecule has 0 saturated carbocycles. The third-order valence-electron chi connectivity index (χ3n) is 5.95. The van der Waals surface area contributed by atoms with E-state index in [4.69, 9.17) is 4.74 Å². The van der Waals surface area contributed by atoms with E-state index in [0.717, 1.165) is 27.1 Å². The topological polar surface area (TPSA) is 80.6 Å². The Bertz CT molecular complexity index is 1480. The number of halogens is 3. The molecule has 214 valence electrons. The maximum atomic E-state index is 15.6. The summed E-state index contributed by atoms with van der Waals surface area (Å²) in [6, 6.07) is 7.20. The lowest BCUT2D eigenvalue weighted by atomic mass is 10.0. The zero-order chi connectivity index (χ0) is 29.9. The van der Waals surface area contributed by atoms with Gasteiger partial charge in [-0.3, -0.25) is 19.0 Å². The van der Waals surface area contributed by atoms with E-state index in [1.807, 2.05) is 0 Å². The van der Waals surface area contributed by atoms with Gasteiger partial charge in [0.15, 0.2) is 5.78 Å². The van der Waals surface area contributed by atoms with Crippen molar-refractivity contribution in [3.63, 3.8) is 0 Å². The molecule has 0 radical (unpaired) electrons. The van der Waals surface area contributed by atoms with Gasteiger partial charge in [0.1, 0.15) is 34.9 Å². The van der Waals surface area contributed by atoms with Crippen molar-refractivity contribution in [3.05, 3.63) is 92.5 Å². The molecule has 40 heavy (non-hydrogen) atoms. The second kappa shape index (κ2) is 12.3. The highest BCUT2D eigenvalue weighted by molar-refractivity contribution is 7.81. The number of benzene rings is 2. The summed E-state index contributed by atoms with van der Waals surface area (Å²) in [6.45, 7) is 8.98. The first kappa shape index (κ1) is 31.0. The van der Waals surface area contributed by atoms with Crippen LogP contribution in [0.2, 0.25) is 0 Å². The van der Waals surface area contributed by atoms with Gasteiger partial charge in [0.2, 0.25) is 0 Å². The molecule has 0 unspecified atom stereocenters. The lowest BCUT2D eigenvalue weighted by molar-refractivity contribution is -0.156. The van der Waals surface area contributed by atoms with Crippen LogP contribution in [0.1, 0.15) is 54.7 Å². The third kappa shape index (κ3) is 7.14. The van der Waals surface area contributed by atoms with Gasteiger partial charge >= 0.3 is 5.97 Å². The van der Waals surface area contributed by atoms with Crippen molar-refractivity contribution in [1.82, 2.24) is 9.88 Å². The number of pyridine rings is 1. The van der Waals surface area contributed by atoms with Crippen molar-refractivity contribution >= 4 is 30.4 Å². The smallest absolute Gasteiger partial charge is 0.323 e. The van der Waals surface area contributed by atoms with Crippen molar-refractivity contribution in [2.45, 2.75) is 52.7 Å². The van der Waals surface area contributed by atoms with Gasteiger partial charge in [0.25, 0.3) is 5.56 Å². The molecule has 0 amide bonds. The number of nitrogens with zero attached hydrogens (tertiary/aromatic N) is 2. The van der Waals surface area contributed by atoms with Crippen LogP contribution in [-0.4, -0.2) is 41.6 Å². The highest BCUT2D eigenvalue weighted by Gasteiger charge is 2.25. The van der Waals surface area contributed by atoms with Gasteiger partial charge in [-0.05, 0) is 83.0 Å². The van der Waals surface area contributed by atoms with Crippen molar-refractivity contribution < 1.29 is 27.5 Å². The minimum Gasteiger partial charge on any atom is -0.459 e. The van der Waals surface area contributed by atoms with Crippen molar-refractivity contribution in [2.75, 3.05) is 17.9 Å². The predicted octanol–water partition coefficient (Wildman–Crippen LogP) is 4.94. The quantitative estimate of drug-likeness (QED) is 0.214. The second-order valence-corrected chi connectivity index (χ2v) is 11.0. The monoisotopic (exact) mass is 575 g/mol. The van der Waals surface area contributed by atoms with Crippen LogP contribution >= 0.6 is 12.8 Å². The predicted molar refractivity (Wildman–Crippen MR) is 151 cm³/mol. The molecule has 1 aromatic heterocycles. The van der Waals surface area contributed by atoms with E-state index in [-0.39, 0.29) is 17.1 Å². The summed E-state index contributed by atoms with van der Waals surface area (Å²) >= 11 is 4.27. The van der Waals surface area contributed by atoms with Crippen LogP contribution in [0, 0.1) is 24.4 Å². The molecular formula is C29H32F3N3O4S. The number of ether oxygens (including phenoxy) is 1. The highest BCUT2D eigenvalue weighted by Crippen LogP contribution is 2.29.